The quantitative estimate of drug-likeness (QED) is 0.608. The number of thiocarbonyl (C=S) groups is 1. The molecule has 0 unspecified atom stereocenters. The highest BCUT2D eigenvalue weighted by Gasteiger charge is 2.03. The summed E-state index contributed by atoms with van der Waals surface area (Å²) in [5.74, 6) is 0.808. The molecule has 2 N–H and O–H groups in total. The van der Waals surface area contributed by atoms with Crippen LogP contribution in [-0.2, 0) is 6.54 Å². The molecule has 0 atom stereocenters. The molecule has 0 spiro atoms. The number of hydrogen-bond donors (Lipinski definition) is 2. The molecule has 2 rings (SSSR count). The summed E-state index contributed by atoms with van der Waals surface area (Å²) in [7, 11) is 0. The third-order valence-corrected chi connectivity index (χ3v) is 3.12. The van der Waals surface area contributed by atoms with Gasteiger partial charge in [0.1, 0.15) is 5.75 Å². The number of anilines is 1. The second kappa shape index (κ2) is 8.26. The summed E-state index contributed by atoms with van der Waals surface area (Å²) in [6.45, 7) is 4.32. The minimum absolute atomic E-state index is 0.604. The van der Waals surface area contributed by atoms with Crippen LogP contribution < -0.4 is 15.4 Å². The van der Waals surface area contributed by atoms with Gasteiger partial charge >= 0.3 is 0 Å². The highest BCUT2D eigenvalue weighted by Crippen LogP contribution is 2.23. The first-order valence-electron chi connectivity index (χ1n) is 7.02. The molecule has 112 valence electrons. The Hall–Kier alpha value is -2.08. The average Bonchev–Trinajstić information content (AvgIpc) is 2.99. The third-order valence-electron chi connectivity index (χ3n) is 2.87. The van der Waals surface area contributed by atoms with Gasteiger partial charge < -0.3 is 19.9 Å². The predicted molar refractivity (Wildman–Crippen MR) is 88.7 cm³/mol. The molecule has 5 nitrogen and oxygen atoms in total. The SMILES string of the molecule is CCOc1ccccc1NC(=S)NCCCn1ccnc1. The minimum atomic E-state index is 0.604. The highest BCUT2D eigenvalue weighted by molar-refractivity contribution is 7.80. The van der Waals surface area contributed by atoms with E-state index in [0.29, 0.717) is 11.7 Å². The van der Waals surface area contributed by atoms with Gasteiger partial charge in [0.25, 0.3) is 0 Å². The van der Waals surface area contributed by atoms with Crippen molar-refractivity contribution in [2.45, 2.75) is 19.9 Å². The van der Waals surface area contributed by atoms with Crippen LogP contribution in [0, 0.1) is 0 Å². The van der Waals surface area contributed by atoms with Crippen LogP contribution in [0.4, 0.5) is 5.69 Å². The van der Waals surface area contributed by atoms with E-state index in [4.69, 9.17) is 17.0 Å². The monoisotopic (exact) mass is 304 g/mol. The second-order valence-electron chi connectivity index (χ2n) is 4.46. The Morgan fingerprint density at radius 1 is 1.38 bits per heavy atom. The number of ether oxygens (including phenoxy) is 1. The molecule has 0 saturated heterocycles. The second-order valence-corrected chi connectivity index (χ2v) is 4.87. The van der Waals surface area contributed by atoms with Gasteiger partial charge in [-0.1, -0.05) is 12.1 Å². The maximum absolute atomic E-state index is 5.55. The number of benzene rings is 1. The zero-order valence-corrected chi connectivity index (χ0v) is 12.9. The summed E-state index contributed by atoms with van der Waals surface area (Å²) in [4.78, 5) is 4.01. The fraction of sp³-hybridized carbons (Fsp3) is 0.333. The minimum Gasteiger partial charge on any atom is -0.492 e. The summed E-state index contributed by atoms with van der Waals surface area (Å²) in [5.41, 5.74) is 0.881. The number of para-hydroxylation sites is 2. The summed E-state index contributed by atoms with van der Waals surface area (Å²) in [5, 5.41) is 6.96. The molecule has 1 heterocycles. The van der Waals surface area contributed by atoms with Crippen LogP contribution in [0.2, 0.25) is 0 Å². The first-order valence-corrected chi connectivity index (χ1v) is 7.43. The van der Waals surface area contributed by atoms with Crippen molar-refractivity contribution < 1.29 is 4.74 Å². The van der Waals surface area contributed by atoms with E-state index in [9.17, 15) is 0 Å². The number of hydrogen-bond acceptors (Lipinski definition) is 3. The van der Waals surface area contributed by atoms with Crippen molar-refractivity contribution in [1.29, 1.82) is 0 Å². The predicted octanol–water partition coefficient (Wildman–Crippen LogP) is 2.66. The lowest BCUT2D eigenvalue weighted by atomic mass is 10.3. The normalized spacial score (nSPS) is 10.1. The van der Waals surface area contributed by atoms with Crippen molar-refractivity contribution >= 4 is 23.0 Å². The lowest BCUT2D eigenvalue weighted by Crippen LogP contribution is -2.29. The van der Waals surface area contributed by atoms with E-state index in [0.717, 1.165) is 30.9 Å². The van der Waals surface area contributed by atoms with Crippen molar-refractivity contribution in [3.8, 4) is 5.75 Å². The van der Waals surface area contributed by atoms with Gasteiger partial charge in [-0.15, -0.1) is 0 Å². The van der Waals surface area contributed by atoms with Gasteiger partial charge in [-0.2, -0.15) is 0 Å². The van der Waals surface area contributed by atoms with E-state index in [-0.39, 0.29) is 0 Å². The summed E-state index contributed by atoms with van der Waals surface area (Å²) >= 11 is 5.30. The molecule has 6 heteroatoms. The van der Waals surface area contributed by atoms with E-state index >= 15 is 0 Å². The molecule has 1 aromatic carbocycles. The molecule has 21 heavy (non-hydrogen) atoms. The van der Waals surface area contributed by atoms with Crippen LogP contribution >= 0.6 is 12.2 Å². The smallest absolute Gasteiger partial charge is 0.170 e. The number of rotatable bonds is 7. The van der Waals surface area contributed by atoms with Crippen LogP contribution in [0.15, 0.2) is 43.0 Å². The standard InChI is InChI=1S/C15H20N4OS/c1-2-20-14-7-4-3-6-13(14)18-15(21)17-8-5-10-19-11-9-16-12-19/h3-4,6-7,9,11-12H,2,5,8,10H2,1H3,(H2,17,18,21). The van der Waals surface area contributed by atoms with Gasteiger partial charge in [-0.05, 0) is 37.7 Å². The Balaban J connectivity index is 1.74. The largest absolute Gasteiger partial charge is 0.492 e. The summed E-state index contributed by atoms with van der Waals surface area (Å²) in [6.07, 6.45) is 6.53. The molecule has 0 amide bonds. The van der Waals surface area contributed by atoms with Crippen LogP contribution in [0.3, 0.4) is 0 Å². The molecule has 0 saturated carbocycles. The maximum atomic E-state index is 5.55. The van der Waals surface area contributed by atoms with Gasteiger partial charge in [-0.3, -0.25) is 0 Å². The Labute approximate surface area is 130 Å². The van der Waals surface area contributed by atoms with E-state index in [1.807, 2.05) is 48.3 Å². The van der Waals surface area contributed by atoms with E-state index in [1.165, 1.54) is 0 Å². The van der Waals surface area contributed by atoms with Crippen LogP contribution in [0.5, 0.6) is 5.75 Å². The van der Waals surface area contributed by atoms with Crippen molar-refractivity contribution in [2.24, 2.45) is 0 Å². The average molecular weight is 304 g/mol. The van der Waals surface area contributed by atoms with Gasteiger partial charge in [-0.25, -0.2) is 4.98 Å². The molecule has 2 aromatic rings. The van der Waals surface area contributed by atoms with Crippen molar-refractivity contribution in [3.63, 3.8) is 0 Å². The van der Waals surface area contributed by atoms with Gasteiger partial charge in [0.05, 0.1) is 18.6 Å². The van der Waals surface area contributed by atoms with Crippen LogP contribution in [0.1, 0.15) is 13.3 Å². The van der Waals surface area contributed by atoms with E-state index in [2.05, 4.69) is 15.6 Å². The fourth-order valence-electron chi connectivity index (χ4n) is 1.90. The molecule has 0 aliphatic carbocycles. The zero-order chi connectivity index (χ0) is 14.9. The zero-order valence-electron chi connectivity index (χ0n) is 12.1. The number of nitrogens with zero attached hydrogens (tertiary/aromatic N) is 2. The summed E-state index contributed by atoms with van der Waals surface area (Å²) in [6, 6.07) is 7.77. The van der Waals surface area contributed by atoms with Gasteiger partial charge in [0.15, 0.2) is 5.11 Å². The first-order chi connectivity index (χ1) is 10.3. The lowest BCUT2D eigenvalue weighted by molar-refractivity contribution is 0.342. The molecule has 1 aromatic heterocycles. The Morgan fingerprint density at radius 2 is 2.24 bits per heavy atom. The third kappa shape index (κ3) is 5.07. The van der Waals surface area contributed by atoms with Crippen molar-refractivity contribution in [1.82, 2.24) is 14.9 Å². The van der Waals surface area contributed by atoms with Crippen LogP contribution in [0.25, 0.3) is 0 Å². The molecule has 0 radical (unpaired) electrons. The fourth-order valence-corrected chi connectivity index (χ4v) is 2.11. The van der Waals surface area contributed by atoms with Crippen LogP contribution in [-0.4, -0.2) is 27.8 Å². The maximum Gasteiger partial charge on any atom is 0.170 e. The Kier molecular flexibility index (Phi) is 6.02. The number of nitrogens with one attached hydrogen (secondary N) is 2. The molecular formula is C15H20N4OS. The van der Waals surface area contributed by atoms with Crippen molar-refractivity contribution in [3.05, 3.63) is 43.0 Å². The number of imidazole rings is 1. The topological polar surface area (TPSA) is 51.1 Å². The highest BCUT2D eigenvalue weighted by atomic mass is 32.1. The van der Waals surface area contributed by atoms with Crippen molar-refractivity contribution in [2.75, 3.05) is 18.5 Å². The molecule has 0 aliphatic heterocycles. The Morgan fingerprint density at radius 3 is 3.00 bits per heavy atom. The number of aryl methyl sites for hydroxylation is 1. The molecular weight excluding hydrogens is 284 g/mol. The number of aromatic nitrogens is 2. The molecule has 0 aliphatic rings. The van der Waals surface area contributed by atoms with E-state index in [1.54, 1.807) is 6.20 Å². The van der Waals surface area contributed by atoms with E-state index < -0.39 is 0 Å². The summed E-state index contributed by atoms with van der Waals surface area (Å²) < 4.78 is 7.60. The van der Waals surface area contributed by atoms with Gasteiger partial charge in [0.2, 0.25) is 0 Å². The molecule has 0 bridgehead atoms. The van der Waals surface area contributed by atoms with Gasteiger partial charge in [0, 0.05) is 25.5 Å². The Bertz CT molecular complexity index is 557. The lowest BCUT2D eigenvalue weighted by Gasteiger charge is -2.14. The first kappa shape index (κ1) is 15.3. The molecule has 0 fully saturated rings.